The van der Waals surface area contributed by atoms with E-state index in [1.54, 1.807) is 17.5 Å². The summed E-state index contributed by atoms with van der Waals surface area (Å²) in [6.45, 7) is 0. The van der Waals surface area contributed by atoms with E-state index in [-0.39, 0.29) is 4.90 Å². The molecule has 0 amide bonds. The quantitative estimate of drug-likeness (QED) is 0.893. The Morgan fingerprint density at radius 1 is 1.40 bits per heavy atom. The van der Waals surface area contributed by atoms with Crippen LogP contribution in [0.2, 0.25) is 0 Å². The number of ether oxygens (including phenoxy) is 1. The van der Waals surface area contributed by atoms with E-state index in [2.05, 4.69) is 20.7 Å². The Morgan fingerprint density at radius 3 is 2.75 bits per heavy atom. The van der Waals surface area contributed by atoms with Gasteiger partial charge in [-0.25, -0.2) is 8.42 Å². The van der Waals surface area contributed by atoms with Crippen LogP contribution < -0.4 is 9.46 Å². The van der Waals surface area contributed by atoms with Crippen LogP contribution in [0.25, 0.3) is 0 Å². The van der Waals surface area contributed by atoms with Crippen molar-refractivity contribution in [3.8, 4) is 11.8 Å². The largest absolute Gasteiger partial charge is 0.496 e. The third-order valence-electron chi connectivity index (χ3n) is 2.45. The van der Waals surface area contributed by atoms with Crippen LogP contribution in [0, 0.1) is 11.3 Å². The molecule has 5 nitrogen and oxygen atoms in total. The van der Waals surface area contributed by atoms with Crippen molar-refractivity contribution in [2.24, 2.45) is 0 Å². The number of methoxy groups -OCH3 is 1. The van der Waals surface area contributed by atoms with Gasteiger partial charge >= 0.3 is 0 Å². The second-order valence-corrected chi connectivity index (χ2v) is 7.13. The van der Waals surface area contributed by atoms with Crippen LogP contribution in [-0.4, -0.2) is 15.5 Å². The van der Waals surface area contributed by atoms with Crippen LogP contribution in [-0.2, 0) is 10.0 Å². The molecule has 20 heavy (non-hydrogen) atoms. The van der Waals surface area contributed by atoms with Crippen molar-refractivity contribution < 1.29 is 13.2 Å². The molecular weight excluding hydrogens is 364 g/mol. The van der Waals surface area contributed by atoms with Gasteiger partial charge in [-0.05, 0) is 45.6 Å². The highest BCUT2D eigenvalue weighted by molar-refractivity contribution is 9.10. The van der Waals surface area contributed by atoms with E-state index in [4.69, 9.17) is 10.00 Å². The van der Waals surface area contributed by atoms with E-state index in [0.29, 0.717) is 20.8 Å². The first-order valence-corrected chi connectivity index (χ1v) is 8.47. The fourth-order valence-corrected chi connectivity index (χ4v) is 4.26. The Labute approximate surface area is 129 Å². The topological polar surface area (TPSA) is 79.2 Å². The van der Waals surface area contributed by atoms with Crippen LogP contribution in [0.3, 0.4) is 0 Å². The molecule has 8 heteroatoms. The average Bonchev–Trinajstić information content (AvgIpc) is 2.85. The fraction of sp³-hybridized carbons (Fsp3) is 0.0833. The van der Waals surface area contributed by atoms with Crippen molar-refractivity contribution in [1.29, 1.82) is 5.26 Å². The molecule has 1 heterocycles. The highest BCUT2D eigenvalue weighted by atomic mass is 79.9. The smallest absolute Gasteiger partial charge is 0.262 e. The predicted octanol–water partition coefficient (Wildman–Crippen LogP) is 3.19. The standard InChI is InChI=1S/C12H9BrN2O3S2/c1-18-11-3-2-9(6-10(11)13)20(16,17)15-12-8(7-14)4-5-19-12/h2-6,15H,1H3. The van der Waals surface area contributed by atoms with Crippen LogP contribution >= 0.6 is 27.3 Å². The van der Waals surface area contributed by atoms with Crippen LogP contribution in [0.5, 0.6) is 5.75 Å². The van der Waals surface area contributed by atoms with Gasteiger partial charge in [-0.3, -0.25) is 4.72 Å². The Bertz CT molecular complexity index is 778. The highest BCUT2D eigenvalue weighted by Gasteiger charge is 2.18. The molecule has 0 radical (unpaired) electrons. The normalized spacial score (nSPS) is 10.8. The zero-order chi connectivity index (χ0) is 14.8. The molecule has 2 rings (SSSR count). The number of hydrogen-bond acceptors (Lipinski definition) is 5. The number of rotatable bonds is 4. The third kappa shape index (κ3) is 2.95. The number of anilines is 1. The molecule has 0 fully saturated rings. The minimum atomic E-state index is -3.74. The van der Waals surface area contributed by atoms with Gasteiger partial charge in [0.1, 0.15) is 16.8 Å². The number of sulfonamides is 1. The molecule has 0 spiro atoms. The molecule has 2 aromatic rings. The summed E-state index contributed by atoms with van der Waals surface area (Å²) in [5, 5.41) is 10.8. The van der Waals surface area contributed by atoms with Gasteiger partial charge in [0.25, 0.3) is 10.0 Å². The molecule has 0 unspecified atom stereocenters. The lowest BCUT2D eigenvalue weighted by molar-refractivity contribution is 0.411. The number of nitriles is 1. The molecule has 0 atom stereocenters. The summed E-state index contributed by atoms with van der Waals surface area (Å²) in [6, 6.07) is 7.93. The van der Waals surface area contributed by atoms with Gasteiger partial charge in [0, 0.05) is 0 Å². The van der Waals surface area contributed by atoms with E-state index in [1.807, 2.05) is 6.07 Å². The molecule has 104 valence electrons. The van der Waals surface area contributed by atoms with Gasteiger partial charge in [-0.2, -0.15) is 5.26 Å². The van der Waals surface area contributed by atoms with Gasteiger partial charge < -0.3 is 4.74 Å². The summed E-state index contributed by atoms with van der Waals surface area (Å²) in [7, 11) is -2.24. The SMILES string of the molecule is COc1ccc(S(=O)(=O)Nc2sccc2C#N)cc1Br. The number of hydrogen-bond donors (Lipinski definition) is 1. The van der Waals surface area contributed by atoms with Gasteiger partial charge in [0.15, 0.2) is 0 Å². The molecule has 1 N–H and O–H groups in total. The van der Waals surface area contributed by atoms with E-state index in [9.17, 15) is 8.42 Å². The highest BCUT2D eigenvalue weighted by Crippen LogP contribution is 2.30. The monoisotopic (exact) mass is 372 g/mol. The summed E-state index contributed by atoms with van der Waals surface area (Å²) in [6.07, 6.45) is 0. The second kappa shape index (κ2) is 5.83. The van der Waals surface area contributed by atoms with Crippen molar-refractivity contribution in [2.75, 3.05) is 11.8 Å². The number of benzene rings is 1. The molecule has 0 saturated carbocycles. The maximum absolute atomic E-state index is 12.2. The Hall–Kier alpha value is -1.56. The van der Waals surface area contributed by atoms with Gasteiger partial charge in [-0.1, -0.05) is 0 Å². The van der Waals surface area contributed by atoms with Gasteiger partial charge in [0.2, 0.25) is 0 Å². The van der Waals surface area contributed by atoms with Crippen molar-refractivity contribution in [3.05, 3.63) is 39.7 Å². The molecule has 1 aromatic carbocycles. The van der Waals surface area contributed by atoms with Crippen molar-refractivity contribution in [3.63, 3.8) is 0 Å². The van der Waals surface area contributed by atoms with E-state index in [0.717, 1.165) is 11.3 Å². The maximum atomic E-state index is 12.2. The lowest BCUT2D eigenvalue weighted by Gasteiger charge is -2.09. The minimum Gasteiger partial charge on any atom is -0.496 e. The summed E-state index contributed by atoms with van der Waals surface area (Å²) < 4.78 is 32.5. The molecule has 0 aliphatic heterocycles. The first-order chi connectivity index (χ1) is 9.47. The van der Waals surface area contributed by atoms with E-state index in [1.165, 1.54) is 19.2 Å². The first-order valence-electron chi connectivity index (χ1n) is 5.32. The lowest BCUT2D eigenvalue weighted by Crippen LogP contribution is -2.12. The molecule has 1 aromatic heterocycles. The summed E-state index contributed by atoms with van der Waals surface area (Å²) in [5.41, 5.74) is 0.297. The Morgan fingerprint density at radius 2 is 2.15 bits per heavy atom. The van der Waals surface area contributed by atoms with E-state index >= 15 is 0 Å². The summed E-state index contributed by atoms with van der Waals surface area (Å²) in [4.78, 5) is 0.0856. The minimum absolute atomic E-state index is 0.0856. The molecule has 0 aliphatic rings. The summed E-state index contributed by atoms with van der Waals surface area (Å²) >= 11 is 4.40. The fourth-order valence-electron chi connectivity index (χ4n) is 1.47. The number of nitrogens with one attached hydrogen (secondary N) is 1. The lowest BCUT2D eigenvalue weighted by atomic mass is 10.3. The number of thiophene rings is 1. The van der Waals surface area contributed by atoms with Crippen LogP contribution in [0.15, 0.2) is 39.0 Å². The third-order valence-corrected chi connectivity index (χ3v) is 5.37. The van der Waals surface area contributed by atoms with Gasteiger partial charge in [0.05, 0.1) is 22.0 Å². The Kier molecular flexibility index (Phi) is 4.32. The van der Waals surface area contributed by atoms with Gasteiger partial charge in [-0.15, -0.1) is 11.3 Å². The summed E-state index contributed by atoms with van der Waals surface area (Å²) in [5.74, 6) is 0.540. The zero-order valence-corrected chi connectivity index (χ0v) is 13.5. The van der Waals surface area contributed by atoms with Crippen molar-refractivity contribution in [1.82, 2.24) is 0 Å². The zero-order valence-electron chi connectivity index (χ0n) is 10.3. The first kappa shape index (κ1) is 14.8. The van der Waals surface area contributed by atoms with Crippen LogP contribution in [0.4, 0.5) is 5.00 Å². The number of halogens is 1. The Balaban J connectivity index is 2.36. The molecule has 0 aliphatic carbocycles. The average molecular weight is 373 g/mol. The molecule has 0 bridgehead atoms. The van der Waals surface area contributed by atoms with E-state index < -0.39 is 10.0 Å². The maximum Gasteiger partial charge on any atom is 0.262 e. The molecule has 0 saturated heterocycles. The second-order valence-electron chi connectivity index (χ2n) is 3.68. The number of nitrogens with zero attached hydrogens (tertiary/aromatic N) is 1. The van der Waals surface area contributed by atoms with Crippen molar-refractivity contribution in [2.45, 2.75) is 4.90 Å². The van der Waals surface area contributed by atoms with Crippen molar-refractivity contribution >= 4 is 42.3 Å². The predicted molar refractivity (Wildman–Crippen MR) is 80.5 cm³/mol. The van der Waals surface area contributed by atoms with Crippen LogP contribution in [0.1, 0.15) is 5.56 Å². The molecular formula is C12H9BrN2O3S2.